The van der Waals surface area contributed by atoms with Crippen molar-refractivity contribution < 1.29 is 37.0 Å². The fourth-order valence-electron chi connectivity index (χ4n) is 4.23. The van der Waals surface area contributed by atoms with Gasteiger partial charge in [0.1, 0.15) is 47.0 Å². The van der Waals surface area contributed by atoms with Gasteiger partial charge < -0.3 is 25.9 Å². The molecule has 1 aromatic carbocycles. The van der Waals surface area contributed by atoms with E-state index in [-0.39, 0.29) is 40.5 Å². The second kappa shape index (κ2) is 9.01. The number of nitrogens with one attached hydrogen (secondary N) is 2. The average Bonchev–Trinajstić information content (AvgIpc) is 3.49. The molecule has 10 nitrogen and oxygen atoms in total. The lowest BCUT2D eigenvalue weighted by Gasteiger charge is -2.31. The van der Waals surface area contributed by atoms with Crippen LogP contribution < -0.4 is 15.8 Å². The molecule has 1 aliphatic heterocycles. The maximum absolute atomic E-state index is 14.5. The lowest BCUT2D eigenvalue weighted by atomic mass is 9.81. The highest BCUT2D eigenvalue weighted by atomic mass is 19.4. The van der Waals surface area contributed by atoms with Crippen molar-refractivity contribution in [1.29, 1.82) is 0 Å². The highest BCUT2D eigenvalue weighted by molar-refractivity contribution is 5.97. The molecule has 14 heteroatoms. The summed E-state index contributed by atoms with van der Waals surface area (Å²) in [5, 5.41) is 13.6. The summed E-state index contributed by atoms with van der Waals surface area (Å²) in [5.74, 6) is -2.47. The second-order valence-corrected chi connectivity index (χ2v) is 9.28. The van der Waals surface area contributed by atoms with Gasteiger partial charge >= 0.3 is 6.18 Å². The van der Waals surface area contributed by atoms with Crippen molar-refractivity contribution >= 4 is 22.8 Å². The predicted octanol–water partition coefficient (Wildman–Crippen LogP) is 2.47. The topological polar surface area (TPSA) is 156 Å². The molecule has 0 radical (unpaired) electrons. The Morgan fingerprint density at radius 2 is 1.95 bits per heavy atom. The lowest BCUT2D eigenvalue weighted by molar-refractivity contribution is -0.265. The summed E-state index contributed by atoms with van der Waals surface area (Å²) in [6.07, 6.45) is -2.70. The fraction of sp³-hybridized carbons (Fsp3) is 0.240. The quantitative estimate of drug-likeness (QED) is 0.272. The van der Waals surface area contributed by atoms with Gasteiger partial charge in [0.25, 0.3) is 5.91 Å². The second-order valence-electron chi connectivity index (χ2n) is 9.28. The van der Waals surface area contributed by atoms with Crippen molar-refractivity contribution in [3.05, 3.63) is 71.7 Å². The highest BCUT2D eigenvalue weighted by Gasteiger charge is 2.57. The molecule has 2 atom stereocenters. The van der Waals surface area contributed by atoms with Crippen LogP contribution in [-0.4, -0.2) is 56.2 Å². The van der Waals surface area contributed by atoms with E-state index in [1.165, 1.54) is 37.6 Å². The average molecular weight is 544 g/mol. The van der Waals surface area contributed by atoms with Crippen molar-refractivity contribution in [2.24, 2.45) is 5.73 Å². The molecule has 202 valence electrons. The number of hydrogen-bond acceptors (Lipinski definition) is 7. The number of hydrogen-bond donors (Lipinski definition) is 4. The number of amides is 2. The molecule has 0 saturated carbocycles. The van der Waals surface area contributed by atoms with E-state index in [1.54, 1.807) is 0 Å². The summed E-state index contributed by atoms with van der Waals surface area (Å²) >= 11 is 0. The van der Waals surface area contributed by atoms with Crippen LogP contribution in [0.1, 0.15) is 28.7 Å². The number of carbonyl (C=O) groups excluding carboxylic acids is 2. The van der Waals surface area contributed by atoms with Crippen molar-refractivity contribution in [3.8, 4) is 17.0 Å². The van der Waals surface area contributed by atoms with E-state index >= 15 is 0 Å². The number of aromatic amines is 1. The van der Waals surface area contributed by atoms with E-state index in [1.807, 2.05) is 0 Å². The molecule has 0 saturated heterocycles. The Morgan fingerprint density at radius 3 is 2.59 bits per heavy atom. The Morgan fingerprint density at radius 1 is 1.23 bits per heavy atom. The summed E-state index contributed by atoms with van der Waals surface area (Å²) < 4.78 is 62.6. The summed E-state index contributed by atoms with van der Waals surface area (Å²) in [5.41, 5.74) is -0.504. The van der Waals surface area contributed by atoms with Crippen molar-refractivity contribution in [2.45, 2.75) is 24.1 Å². The number of aliphatic hydroxyl groups is 1. The van der Waals surface area contributed by atoms with E-state index in [9.17, 15) is 32.3 Å². The van der Waals surface area contributed by atoms with Crippen molar-refractivity contribution in [2.75, 3.05) is 13.2 Å². The molecule has 0 bridgehead atoms. The molecule has 0 spiro atoms. The normalized spacial score (nSPS) is 18.3. The largest absolute Gasteiger partial charge is 0.489 e. The lowest BCUT2D eigenvalue weighted by Crippen LogP contribution is -2.52. The maximum atomic E-state index is 14.5. The third kappa shape index (κ3) is 4.31. The fourth-order valence-corrected chi connectivity index (χ4v) is 4.23. The zero-order chi connectivity index (χ0) is 28.2. The van der Waals surface area contributed by atoms with Gasteiger partial charge in [-0.25, -0.2) is 19.3 Å². The summed E-state index contributed by atoms with van der Waals surface area (Å²) in [6, 6.07) is 6.89. The zero-order valence-electron chi connectivity index (χ0n) is 20.1. The molecular formula is C25H20F4N6O4. The number of halogens is 4. The van der Waals surface area contributed by atoms with Gasteiger partial charge in [0.05, 0.1) is 12.2 Å². The summed E-state index contributed by atoms with van der Waals surface area (Å²) in [4.78, 5) is 39.5. The molecule has 5 N–H and O–H groups in total. The van der Waals surface area contributed by atoms with Gasteiger partial charge in [-0.1, -0.05) is 0 Å². The minimum Gasteiger partial charge on any atom is -0.489 e. The number of primary amides is 1. The van der Waals surface area contributed by atoms with Gasteiger partial charge in [-0.2, -0.15) is 13.2 Å². The molecule has 5 rings (SSSR count). The predicted molar refractivity (Wildman–Crippen MR) is 128 cm³/mol. The van der Waals surface area contributed by atoms with Crippen LogP contribution in [0, 0.1) is 5.82 Å². The molecule has 1 aliphatic rings. The first-order valence-corrected chi connectivity index (χ1v) is 11.4. The van der Waals surface area contributed by atoms with Crippen molar-refractivity contribution in [3.63, 3.8) is 0 Å². The highest BCUT2D eigenvalue weighted by Crippen LogP contribution is 2.47. The first kappa shape index (κ1) is 26.0. The van der Waals surface area contributed by atoms with Crippen LogP contribution in [0.4, 0.5) is 17.6 Å². The first-order chi connectivity index (χ1) is 18.3. The Hall–Kier alpha value is -4.59. The Balaban J connectivity index is 1.59. The SMILES string of the molecule is C[C@]1(C(N)=O)COc2c1cc([C@@](O)(CNC(=O)c1cc3cncnc3[nH]1)C(F)(F)F)nc2-c1ccc(F)cc1. The molecule has 4 heterocycles. The van der Waals surface area contributed by atoms with E-state index in [2.05, 4.69) is 25.3 Å². The van der Waals surface area contributed by atoms with Crippen LogP contribution in [0.25, 0.3) is 22.3 Å². The van der Waals surface area contributed by atoms with Crippen LogP contribution in [0.15, 0.2) is 48.9 Å². The number of benzene rings is 1. The minimum absolute atomic E-state index is 0.0283. The summed E-state index contributed by atoms with van der Waals surface area (Å²) in [6.45, 7) is -0.243. The monoisotopic (exact) mass is 544 g/mol. The number of nitrogens with two attached hydrogens (primary N) is 1. The minimum atomic E-state index is -5.34. The van der Waals surface area contributed by atoms with Gasteiger partial charge in [-0.3, -0.25) is 9.59 Å². The Labute approximate surface area is 217 Å². The van der Waals surface area contributed by atoms with Gasteiger partial charge in [0.2, 0.25) is 11.5 Å². The van der Waals surface area contributed by atoms with Crippen LogP contribution in [0.5, 0.6) is 5.75 Å². The van der Waals surface area contributed by atoms with Gasteiger partial charge in [-0.15, -0.1) is 0 Å². The van der Waals surface area contributed by atoms with Crippen LogP contribution in [0.3, 0.4) is 0 Å². The maximum Gasteiger partial charge on any atom is 0.424 e. The van der Waals surface area contributed by atoms with E-state index < -0.39 is 47.1 Å². The number of nitrogens with zero attached hydrogens (tertiary/aromatic N) is 3. The first-order valence-electron chi connectivity index (χ1n) is 11.4. The van der Waals surface area contributed by atoms with E-state index in [0.29, 0.717) is 5.39 Å². The van der Waals surface area contributed by atoms with Gasteiger partial charge in [-0.05, 0) is 43.3 Å². The van der Waals surface area contributed by atoms with Gasteiger partial charge in [0, 0.05) is 22.7 Å². The van der Waals surface area contributed by atoms with Crippen LogP contribution >= 0.6 is 0 Å². The number of ether oxygens (including phenoxy) is 1. The number of fused-ring (bicyclic) bond motifs is 2. The molecule has 3 aromatic heterocycles. The van der Waals surface area contributed by atoms with Crippen molar-refractivity contribution in [1.82, 2.24) is 25.3 Å². The Kier molecular flexibility index (Phi) is 6.01. The van der Waals surface area contributed by atoms with E-state index in [4.69, 9.17) is 10.5 Å². The molecule has 0 unspecified atom stereocenters. The number of pyridine rings is 1. The number of rotatable bonds is 6. The smallest absolute Gasteiger partial charge is 0.424 e. The molecular weight excluding hydrogens is 524 g/mol. The van der Waals surface area contributed by atoms with E-state index in [0.717, 1.165) is 18.2 Å². The third-order valence-electron chi connectivity index (χ3n) is 6.67. The van der Waals surface area contributed by atoms with Crippen LogP contribution in [-0.2, 0) is 15.8 Å². The molecule has 0 fully saturated rings. The molecule has 2 amide bonds. The number of carbonyl (C=O) groups is 2. The third-order valence-corrected chi connectivity index (χ3v) is 6.67. The molecule has 0 aliphatic carbocycles. The molecule has 4 aromatic rings. The summed E-state index contributed by atoms with van der Waals surface area (Å²) in [7, 11) is 0. The zero-order valence-corrected chi connectivity index (χ0v) is 20.1. The Bertz CT molecular complexity index is 1570. The van der Waals surface area contributed by atoms with Gasteiger partial charge in [0.15, 0.2) is 0 Å². The number of alkyl halides is 3. The van der Waals surface area contributed by atoms with Crippen LogP contribution in [0.2, 0.25) is 0 Å². The number of aromatic nitrogens is 4. The standard InChI is InChI=1S/C25H20F4N6O4/c1-23(22(30)37)10-39-19-15(23)7-17(35-18(19)12-2-4-14(26)5-3-12)24(38,25(27,28)29)9-32-21(36)16-6-13-8-31-11-33-20(13)34-16/h2-8,11,38H,9-10H2,1H3,(H2,30,37)(H,32,36)(H,31,33,34)/t23-,24-/m0/s1. The molecule has 39 heavy (non-hydrogen) atoms. The number of H-pyrrole nitrogens is 1.